The zero-order valence-electron chi connectivity index (χ0n) is 12.6. The summed E-state index contributed by atoms with van der Waals surface area (Å²) >= 11 is 3.26. The number of nitrogens with one attached hydrogen (secondary N) is 1. The molecule has 0 spiro atoms. The minimum Gasteiger partial charge on any atom is -0.385 e. The van der Waals surface area contributed by atoms with Crippen LogP contribution in [0.25, 0.3) is 0 Å². The van der Waals surface area contributed by atoms with Crippen LogP contribution in [-0.2, 0) is 10.0 Å². The number of halogens is 2. The van der Waals surface area contributed by atoms with Crippen molar-refractivity contribution in [2.24, 2.45) is 0 Å². The number of aliphatic hydroxyl groups is 1. The van der Waals surface area contributed by atoms with Gasteiger partial charge in [0.25, 0.3) is 0 Å². The fourth-order valence-corrected chi connectivity index (χ4v) is 4.40. The van der Waals surface area contributed by atoms with Crippen LogP contribution in [-0.4, -0.2) is 55.3 Å². The lowest BCUT2D eigenvalue weighted by atomic mass is 9.90. The van der Waals surface area contributed by atoms with Crippen LogP contribution in [0.3, 0.4) is 0 Å². The average molecular weight is 407 g/mol. The molecule has 1 saturated carbocycles. The molecule has 2 unspecified atom stereocenters. The summed E-state index contributed by atoms with van der Waals surface area (Å²) in [6.45, 7) is -0.0338. The lowest BCUT2D eigenvalue weighted by Gasteiger charge is -2.40. The largest absolute Gasteiger partial charge is 0.385 e. The molecule has 5 nitrogen and oxygen atoms in total. The molecule has 1 aromatic rings. The van der Waals surface area contributed by atoms with E-state index in [1.807, 2.05) is 0 Å². The summed E-state index contributed by atoms with van der Waals surface area (Å²) in [6.07, 6.45) is 0.588. The molecule has 1 aliphatic carbocycles. The van der Waals surface area contributed by atoms with E-state index in [0.29, 0.717) is 6.04 Å². The molecule has 128 valence electrons. The first-order chi connectivity index (χ1) is 10.8. The molecule has 2 aliphatic rings. The predicted molar refractivity (Wildman–Crippen MR) is 88.4 cm³/mol. The fraction of sp³-hybridized carbons (Fsp3) is 0.600. The Labute approximate surface area is 144 Å². The van der Waals surface area contributed by atoms with Crippen molar-refractivity contribution in [3.05, 3.63) is 28.7 Å². The molecule has 2 fully saturated rings. The van der Waals surface area contributed by atoms with Gasteiger partial charge in [-0.15, -0.1) is 0 Å². The van der Waals surface area contributed by atoms with Gasteiger partial charge >= 0.3 is 0 Å². The van der Waals surface area contributed by atoms with Crippen molar-refractivity contribution in [3.63, 3.8) is 0 Å². The van der Waals surface area contributed by atoms with Crippen molar-refractivity contribution in [1.82, 2.24) is 9.62 Å². The van der Waals surface area contributed by atoms with E-state index < -0.39 is 21.8 Å². The van der Waals surface area contributed by atoms with E-state index in [9.17, 15) is 17.9 Å². The summed E-state index contributed by atoms with van der Waals surface area (Å²) in [5.41, 5.74) is -1.49. The molecule has 8 heteroatoms. The summed E-state index contributed by atoms with van der Waals surface area (Å²) in [5.74, 6) is 0. The smallest absolute Gasteiger partial charge is 0.243 e. The van der Waals surface area contributed by atoms with Crippen molar-refractivity contribution in [3.8, 4) is 0 Å². The van der Waals surface area contributed by atoms with Gasteiger partial charge in [0.2, 0.25) is 10.0 Å². The van der Waals surface area contributed by atoms with Crippen LogP contribution in [0.1, 0.15) is 19.3 Å². The average Bonchev–Trinajstić information content (AvgIpc) is 3.33. The first kappa shape index (κ1) is 17.3. The van der Waals surface area contributed by atoms with Crippen LogP contribution < -0.4 is 5.32 Å². The van der Waals surface area contributed by atoms with E-state index in [2.05, 4.69) is 21.2 Å². The van der Waals surface area contributed by atoms with Crippen LogP contribution in [0.4, 0.5) is 4.39 Å². The molecule has 2 N–H and O–H groups in total. The summed E-state index contributed by atoms with van der Waals surface area (Å²) in [4.78, 5) is 0.134. The third-order valence-electron chi connectivity index (χ3n) is 4.47. The molecule has 23 heavy (non-hydrogen) atoms. The molecular weight excluding hydrogens is 387 g/mol. The maximum Gasteiger partial charge on any atom is 0.243 e. The molecule has 1 saturated heterocycles. The monoisotopic (exact) mass is 406 g/mol. The lowest BCUT2D eigenvalue weighted by molar-refractivity contribution is -0.0684. The van der Waals surface area contributed by atoms with Crippen molar-refractivity contribution in [1.29, 1.82) is 0 Å². The van der Waals surface area contributed by atoms with E-state index in [1.54, 1.807) is 12.1 Å². The quantitative estimate of drug-likeness (QED) is 0.779. The third kappa shape index (κ3) is 3.76. The summed E-state index contributed by atoms with van der Waals surface area (Å²) in [6, 6.07) is 6.62. The number of benzene rings is 1. The van der Waals surface area contributed by atoms with Crippen molar-refractivity contribution >= 4 is 26.0 Å². The Bertz CT molecular complexity index is 666. The SMILES string of the molecule is O=S(=O)(c1ccc(Br)cc1)N1CCC(O)(CNC2CC2)C(F)C1. The van der Waals surface area contributed by atoms with Crippen molar-refractivity contribution < 1.29 is 17.9 Å². The van der Waals surface area contributed by atoms with Crippen LogP contribution >= 0.6 is 15.9 Å². The van der Waals surface area contributed by atoms with E-state index in [4.69, 9.17) is 0 Å². The van der Waals surface area contributed by atoms with Gasteiger partial charge in [-0.1, -0.05) is 15.9 Å². The van der Waals surface area contributed by atoms with E-state index >= 15 is 0 Å². The molecule has 1 aliphatic heterocycles. The van der Waals surface area contributed by atoms with Gasteiger partial charge in [0.15, 0.2) is 0 Å². The number of nitrogens with zero attached hydrogens (tertiary/aromatic N) is 1. The number of sulfonamides is 1. The van der Waals surface area contributed by atoms with Gasteiger partial charge in [0.1, 0.15) is 11.8 Å². The Balaban J connectivity index is 1.69. The first-order valence-electron chi connectivity index (χ1n) is 7.67. The van der Waals surface area contributed by atoms with E-state index in [1.165, 1.54) is 12.1 Å². The number of hydrogen-bond donors (Lipinski definition) is 2. The zero-order valence-corrected chi connectivity index (χ0v) is 15.0. The summed E-state index contributed by atoms with van der Waals surface area (Å²) in [5, 5.41) is 13.6. The normalized spacial score (nSPS) is 29.6. The molecule has 1 aromatic carbocycles. The van der Waals surface area contributed by atoms with Gasteiger partial charge in [-0.05, 0) is 43.5 Å². The second-order valence-electron chi connectivity index (χ2n) is 6.29. The topological polar surface area (TPSA) is 69.6 Å². The highest BCUT2D eigenvalue weighted by Gasteiger charge is 2.45. The van der Waals surface area contributed by atoms with Crippen molar-refractivity contribution in [2.75, 3.05) is 19.6 Å². The maximum atomic E-state index is 14.5. The second-order valence-corrected chi connectivity index (χ2v) is 9.15. The molecule has 0 radical (unpaired) electrons. The highest BCUT2D eigenvalue weighted by atomic mass is 79.9. The van der Waals surface area contributed by atoms with Crippen LogP contribution in [0.15, 0.2) is 33.6 Å². The summed E-state index contributed by atoms with van der Waals surface area (Å²) in [7, 11) is -3.74. The molecule has 0 bridgehead atoms. The Morgan fingerprint density at radius 2 is 2.00 bits per heavy atom. The molecule has 3 rings (SSSR count). The van der Waals surface area contributed by atoms with Crippen LogP contribution in [0.5, 0.6) is 0 Å². The maximum absolute atomic E-state index is 14.5. The van der Waals surface area contributed by atoms with E-state index in [0.717, 1.165) is 21.6 Å². The van der Waals surface area contributed by atoms with Gasteiger partial charge in [-0.2, -0.15) is 4.31 Å². The Hall–Kier alpha value is -0.540. The number of alkyl halides is 1. The lowest BCUT2D eigenvalue weighted by Crippen LogP contribution is -2.59. The number of piperidine rings is 1. The highest BCUT2D eigenvalue weighted by molar-refractivity contribution is 9.10. The summed E-state index contributed by atoms with van der Waals surface area (Å²) < 4.78 is 41.5. The molecule has 1 heterocycles. The highest BCUT2D eigenvalue weighted by Crippen LogP contribution is 2.30. The number of rotatable bonds is 5. The molecule has 0 amide bonds. The predicted octanol–water partition coefficient (Wildman–Crippen LogP) is 1.66. The minimum atomic E-state index is -3.74. The van der Waals surface area contributed by atoms with Crippen LogP contribution in [0.2, 0.25) is 0 Å². The van der Waals surface area contributed by atoms with Crippen molar-refractivity contribution in [2.45, 2.75) is 42.0 Å². The second kappa shape index (κ2) is 6.40. The van der Waals surface area contributed by atoms with Gasteiger partial charge in [-0.25, -0.2) is 12.8 Å². The zero-order chi connectivity index (χ0) is 16.7. The van der Waals surface area contributed by atoms with Gasteiger partial charge < -0.3 is 10.4 Å². The fourth-order valence-electron chi connectivity index (χ4n) is 2.70. The number of hydrogen-bond acceptors (Lipinski definition) is 4. The molecule has 0 aromatic heterocycles. The Morgan fingerprint density at radius 1 is 1.35 bits per heavy atom. The molecular formula is C15H20BrFN2O3S. The minimum absolute atomic E-state index is 0.0869. The standard InChI is InChI=1S/C15H20BrFN2O3S/c16-11-1-5-13(6-2-11)23(21,22)19-8-7-15(20,14(17)9-19)10-18-12-3-4-12/h1-2,5-6,12,14,18,20H,3-4,7-10H2. The Kier molecular flexibility index (Phi) is 4.81. The first-order valence-corrected chi connectivity index (χ1v) is 9.90. The van der Waals surface area contributed by atoms with Gasteiger partial charge in [0.05, 0.1) is 4.90 Å². The van der Waals surface area contributed by atoms with Crippen LogP contribution in [0, 0.1) is 0 Å². The van der Waals surface area contributed by atoms with Gasteiger partial charge in [-0.3, -0.25) is 0 Å². The third-order valence-corrected chi connectivity index (χ3v) is 6.87. The van der Waals surface area contributed by atoms with E-state index in [-0.39, 0.29) is 31.0 Å². The van der Waals surface area contributed by atoms with Gasteiger partial charge in [0, 0.05) is 30.1 Å². The Morgan fingerprint density at radius 3 is 2.57 bits per heavy atom. The molecule has 2 atom stereocenters.